The first-order valence-electron chi connectivity index (χ1n) is 4.41. The van der Waals surface area contributed by atoms with E-state index < -0.39 is 0 Å². The van der Waals surface area contributed by atoms with Crippen molar-refractivity contribution in [1.82, 2.24) is 4.90 Å². The van der Waals surface area contributed by atoms with E-state index in [1.165, 1.54) is 0 Å². The van der Waals surface area contributed by atoms with E-state index >= 15 is 0 Å². The summed E-state index contributed by atoms with van der Waals surface area (Å²) in [6.45, 7) is 8.53. The van der Waals surface area contributed by atoms with Crippen molar-refractivity contribution in [2.75, 3.05) is 13.1 Å². The Balaban J connectivity index is 3.89. The van der Waals surface area contributed by atoms with Crippen LogP contribution in [0.1, 0.15) is 33.6 Å². The summed E-state index contributed by atoms with van der Waals surface area (Å²) >= 11 is 0. The van der Waals surface area contributed by atoms with Crippen LogP contribution in [0, 0.1) is 11.3 Å². The molecule has 0 aromatic heterocycles. The monoisotopic (exact) mass is 154 g/mol. The summed E-state index contributed by atoms with van der Waals surface area (Å²) in [4.78, 5) is 2.34. The summed E-state index contributed by atoms with van der Waals surface area (Å²) in [6.07, 6.45) is 1.74. The van der Waals surface area contributed by atoms with E-state index in [2.05, 4.69) is 31.7 Å². The van der Waals surface area contributed by atoms with E-state index in [0.29, 0.717) is 12.5 Å². The first-order valence-corrected chi connectivity index (χ1v) is 4.41. The molecule has 0 aromatic rings. The SMILES string of the molecule is CCC(CC#N)N(CC)CC. The minimum atomic E-state index is 0.468. The van der Waals surface area contributed by atoms with E-state index in [-0.39, 0.29) is 0 Å². The highest BCUT2D eigenvalue weighted by Gasteiger charge is 2.11. The minimum Gasteiger partial charge on any atom is -0.300 e. The van der Waals surface area contributed by atoms with Crippen molar-refractivity contribution in [1.29, 1.82) is 5.26 Å². The van der Waals surface area contributed by atoms with Gasteiger partial charge >= 0.3 is 0 Å². The number of rotatable bonds is 5. The Morgan fingerprint density at radius 3 is 2.09 bits per heavy atom. The fraction of sp³-hybridized carbons (Fsp3) is 0.889. The highest BCUT2D eigenvalue weighted by molar-refractivity contribution is 4.80. The zero-order chi connectivity index (χ0) is 8.69. The van der Waals surface area contributed by atoms with E-state index in [1.807, 2.05) is 0 Å². The van der Waals surface area contributed by atoms with Crippen LogP contribution in [0.15, 0.2) is 0 Å². The van der Waals surface area contributed by atoms with Crippen LogP contribution < -0.4 is 0 Å². The van der Waals surface area contributed by atoms with E-state index in [1.54, 1.807) is 0 Å². The molecule has 0 bridgehead atoms. The summed E-state index contributed by atoms with van der Waals surface area (Å²) in [6, 6.07) is 2.69. The van der Waals surface area contributed by atoms with Gasteiger partial charge in [-0.15, -0.1) is 0 Å². The average Bonchev–Trinajstić information content (AvgIpc) is 2.05. The molecule has 0 fully saturated rings. The molecule has 0 aliphatic heterocycles. The lowest BCUT2D eigenvalue weighted by atomic mass is 10.1. The molecule has 2 nitrogen and oxygen atoms in total. The van der Waals surface area contributed by atoms with E-state index in [0.717, 1.165) is 19.5 Å². The van der Waals surface area contributed by atoms with Gasteiger partial charge in [-0.2, -0.15) is 5.26 Å². The average molecular weight is 154 g/mol. The van der Waals surface area contributed by atoms with Crippen LogP contribution in [0.3, 0.4) is 0 Å². The predicted molar refractivity (Wildman–Crippen MR) is 47.2 cm³/mol. The van der Waals surface area contributed by atoms with Crippen LogP contribution in [0.4, 0.5) is 0 Å². The maximum atomic E-state index is 8.53. The first kappa shape index (κ1) is 10.4. The van der Waals surface area contributed by atoms with E-state index in [4.69, 9.17) is 5.26 Å². The molecule has 0 aliphatic rings. The molecule has 0 amide bonds. The third kappa shape index (κ3) is 3.38. The van der Waals surface area contributed by atoms with Gasteiger partial charge in [0, 0.05) is 6.04 Å². The summed E-state index contributed by atoms with van der Waals surface area (Å²) in [5, 5.41) is 8.53. The fourth-order valence-electron chi connectivity index (χ4n) is 1.38. The second-order valence-corrected chi connectivity index (χ2v) is 2.65. The summed E-state index contributed by atoms with van der Waals surface area (Å²) in [5.74, 6) is 0. The molecule has 0 saturated carbocycles. The molecule has 1 unspecified atom stereocenters. The Bertz CT molecular complexity index is 122. The highest BCUT2D eigenvalue weighted by Crippen LogP contribution is 2.06. The second-order valence-electron chi connectivity index (χ2n) is 2.65. The van der Waals surface area contributed by atoms with Crippen molar-refractivity contribution < 1.29 is 0 Å². The summed E-state index contributed by atoms with van der Waals surface area (Å²) < 4.78 is 0. The van der Waals surface area contributed by atoms with Crippen molar-refractivity contribution in [2.24, 2.45) is 0 Å². The highest BCUT2D eigenvalue weighted by atomic mass is 15.1. The van der Waals surface area contributed by atoms with Crippen molar-refractivity contribution in [2.45, 2.75) is 39.7 Å². The fourth-order valence-corrected chi connectivity index (χ4v) is 1.38. The van der Waals surface area contributed by atoms with Gasteiger partial charge in [0.25, 0.3) is 0 Å². The summed E-state index contributed by atoms with van der Waals surface area (Å²) in [5.41, 5.74) is 0. The topological polar surface area (TPSA) is 27.0 Å². The smallest absolute Gasteiger partial charge is 0.0638 e. The molecule has 64 valence electrons. The summed E-state index contributed by atoms with van der Waals surface area (Å²) in [7, 11) is 0. The standard InChI is InChI=1S/C9H18N2/c1-4-9(7-8-10)11(5-2)6-3/h9H,4-7H2,1-3H3. The van der Waals surface area contributed by atoms with Crippen molar-refractivity contribution in [3.63, 3.8) is 0 Å². The van der Waals surface area contributed by atoms with Crippen LogP contribution in [0.5, 0.6) is 0 Å². The maximum Gasteiger partial charge on any atom is 0.0638 e. The first-order chi connectivity index (χ1) is 5.29. The molecule has 0 radical (unpaired) electrons. The third-order valence-corrected chi connectivity index (χ3v) is 2.13. The lowest BCUT2D eigenvalue weighted by Gasteiger charge is -2.26. The molecular formula is C9H18N2. The van der Waals surface area contributed by atoms with Crippen LogP contribution in [-0.4, -0.2) is 24.0 Å². The molecule has 2 heteroatoms. The van der Waals surface area contributed by atoms with Gasteiger partial charge < -0.3 is 0 Å². The van der Waals surface area contributed by atoms with Crippen molar-refractivity contribution in [3.05, 3.63) is 0 Å². The number of nitriles is 1. The third-order valence-electron chi connectivity index (χ3n) is 2.13. The molecule has 0 rings (SSSR count). The van der Waals surface area contributed by atoms with Gasteiger partial charge in [0.15, 0.2) is 0 Å². The normalized spacial score (nSPS) is 13.0. The quantitative estimate of drug-likeness (QED) is 0.605. The number of nitrogens with zero attached hydrogens (tertiary/aromatic N) is 2. The molecule has 0 N–H and O–H groups in total. The van der Waals surface area contributed by atoms with Gasteiger partial charge in [-0.3, -0.25) is 4.90 Å². The molecule has 0 saturated heterocycles. The Hall–Kier alpha value is -0.550. The molecular weight excluding hydrogens is 136 g/mol. The lowest BCUT2D eigenvalue weighted by Crippen LogP contribution is -2.34. The molecule has 0 aliphatic carbocycles. The lowest BCUT2D eigenvalue weighted by molar-refractivity contribution is 0.214. The predicted octanol–water partition coefficient (Wildman–Crippen LogP) is 2.02. The molecule has 11 heavy (non-hydrogen) atoms. The van der Waals surface area contributed by atoms with Gasteiger partial charge in [-0.1, -0.05) is 20.8 Å². The maximum absolute atomic E-state index is 8.53. The van der Waals surface area contributed by atoms with Gasteiger partial charge in [-0.25, -0.2) is 0 Å². The van der Waals surface area contributed by atoms with Crippen LogP contribution in [-0.2, 0) is 0 Å². The van der Waals surface area contributed by atoms with Crippen LogP contribution in [0.2, 0.25) is 0 Å². The van der Waals surface area contributed by atoms with Crippen molar-refractivity contribution in [3.8, 4) is 6.07 Å². The van der Waals surface area contributed by atoms with Crippen LogP contribution >= 0.6 is 0 Å². The largest absolute Gasteiger partial charge is 0.300 e. The zero-order valence-electron chi connectivity index (χ0n) is 7.80. The van der Waals surface area contributed by atoms with Gasteiger partial charge in [-0.05, 0) is 19.5 Å². The molecule has 0 spiro atoms. The van der Waals surface area contributed by atoms with Gasteiger partial charge in [0.05, 0.1) is 12.5 Å². The van der Waals surface area contributed by atoms with Crippen molar-refractivity contribution >= 4 is 0 Å². The Labute approximate surface area is 69.8 Å². The molecule has 1 atom stereocenters. The molecule has 0 aromatic carbocycles. The number of hydrogen-bond donors (Lipinski definition) is 0. The van der Waals surface area contributed by atoms with Gasteiger partial charge in [0.1, 0.15) is 0 Å². The second kappa shape index (κ2) is 6.18. The van der Waals surface area contributed by atoms with Crippen LogP contribution in [0.25, 0.3) is 0 Å². The zero-order valence-corrected chi connectivity index (χ0v) is 7.80. The Morgan fingerprint density at radius 1 is 1.27 bits per heavy atom. The van der Waals surface area contributed by atoms with Gasteiger partial charge in [0.2, 0.25) is 0 Å². The molecule has 0 heterocycles. The minimum absolute atomic E-state index is 0.468. The Kier molecular flexibility index (Phi) is 5.87. The van der Waals surface area contributed by atoms with E-state index in [9.17, 15) is 0 Å². The Morgan fingerprint density at radius 2 is 1.82 bits per heavy atom. The number of hydrogen-bond acceptors (Lipinski definition) is 2.